The van der Waals surface area contributed by atoms with Crippen LogP contribution in [-0.2, 0) is 30.6 Å². The second-order valence-corrected chi connectivity index (χ2v) is 10.6. The van der Waals surface area contributed by atoms with E-state index < -0.39 is 28.1 Å². The van der Waals surface area contributed by atoms with Gasteiger partial charge in [-0.15, -0.1) is 0 Å². The van der Waals surface area contributed by atoms with Gasteiger partial charge in [-0.05, 0) is 48.9 Å². The summed E-state index contributed by atoms with van der Waals surface area (Å²) in [5.74, 6) is 1.22. The van der Waals surface area contributed by atoms with Gasteiger partial charge in [-0.2, -0.15) is 13.2 Å². The van der Waals surface area contributed by atoms with E-state index in [4.69, 9.17) is 0 Å². The van der Waals surface area contributed by atoms with E-state index >= 15 is 0 Å². The third kappa shape index (κ3) is 4.17. The summed E-state index contributed by atoms with van der Waals surface area (Å²) in [6.07, 6.45) is -0.720. The Kier molecular flexibility index (Phi) is 6.10. The molecule has 4 aromatic rings. The number of alkyl halides is 3. The molecular weight excluding hydrogens is 489 g/mol. The number of aryl methyl sites for hydroxylation is 2. The van der Waals surface area contributed by atoms with Crippen molar-refractivity contribution < 1.29 is 17.4 Å². The molecule has 5 rings (SSSR count). The second-order valence-electron chi connectivity index (χ2n) is 8.91. The molecule has 1 fully saturated rings. The van der Waals surface area contributed by atoms with Crippen LogP contribution in [0.1, 0.15) is 43.7 Å². The molecule has 10 heteroatoms. The van der Waals surface area contributed by atoms with Crippen LogP contribution in [-0.4, -0.2) is 29.1 Å². The van der Waals surface area contributed by atoms with Crippen molar-refractivity contribution in [2.24, 2.45) is 7.05 Å². The fourth-order valence-electron chi connectivity index (χ4n) is 4.54. The molecule has 0 radical (unpaired) electrons. The number of hydrogen-bond acceptors (Lipinski definition) is 4. The van der Waals surface area contributed by atoms with Crippen LogP contribution in [0.25, 0.3) is 33.8 Å². The first-order valence-corrected chi connectivity index (χ1v) is 13.1. The zero-order valence-corrected chi connectivity index (χ0v) is 20.9. The molecule has 1 atom stereocenters. The lowest BCUT2D eigenvalue weighted by Gasteiger charge is -2.13. The first-order valence-electron chi connectivity index (χ1n) is 11.8. The zero-order chi connectivity index (χ0) is 25.8. The van der Waals surface area contributed by atoms with E-state index in [0.717, 1.165) is 21.8 Å². The van der Waals surface area contributed by atoms with Gasteiger partial charge in [0.15, 0.2) is 5.82 Å². The molecule has 0 aliphatic heterocycles. The summed E-state index contributed by atoms with van der Waals surface area (Å²) in [5.41, 5.74) is 1.24. The van der Waals surface area contributed by atoms with Crippen LogP contribution in [0, 0.1) is 0 Å². The van der Waals surface area contributed by atoms with Crippen molar-refractivity contribution in [1.82, 2.24) is 19.1 Å². The van der Waals surface area contributed by atoms with Gasteiger partial charge in [0, 0.05) is 31.1 Å². The van der Waals surface area contributed by atoms with E-state index in [1.807, 2.05) is 18.2 Å². The van der Waals surface area contributed by atoms with Gasteiger partial charge in [0.2, 0.25) is 0 Å². The third-order valence-corrected chi connectivity index (χ3v) is 7.92. The lowest BCUT2D eigenvalue weighted by Crippen LogP contribution is -2.29. The maximum absolute atomic E-state index is 13.5. The highest BCUT2D eigenvalue weighted by Gasteiger charge is 2.36. The second kappa shape index (κ2) is 8.99. The monoisotopic (exact) mass is 514 g/mol. The largest absolute Gasteiger partial charge is 0.421 e. The minimum atomic E-state index is -4.80. The Morgan fingerprint density at radius 1 is 1.08 bits per heavy atom. The molecule has 3 aromatic heterocycles. The van der Waals surface area contributed by atoms with Crippen LogP contribution in [0.3, 0.4) is 0 Å². The molecular formula is C26H25F3N4O2S. The van der Waals surface area contributed by atoms with Gasteiger partial charge in [-0.1, -0.05) is 31.2 Å². The zero-order valence-electron chi connectivity index (χ0n) is 20.1. The highest BCUT2D eigenvalue weighted by atomic mass is 32.2. The number of pyridine rings is 2. The first-order chi connectivity index (χ1) is 17.1. The maximum atomic E-state index is 13.5. The summed E-state index contributed by atoms with van der Waals surface area (Å²) in [5, 5.41) is 0. The Bertz CT molecular complexity index is 1550. The summed E-state index contributed by atoms with van der Waals surface area (Å²) in [4.78, 5) is 22.0. The van der Waals surface area contributed by atoms with Gasteiger partial charge in [0.25, 0.3) is 5.56 Å². The Balaban J connectivity index is 1.68. The fourth-order valence-corrected chi connectivity index (χ4v) is 5.47. The smallest absolute Gasteiger partial charge is 0.312 e. The molecule has 0 saturated heterocycles. The summed E-state index contributed by atoms with van der Waals surface area (Å²) < 4.78 is 56.2. The molecule has 6 nitrogen and oxygen atoms in total. The van der Waals surface area contributed by atoms with Crippen LogP contribution < -0.4 is 5.56 Å². The average molecular weight is 515 g/mol. The van der Waals surface area contributed by atoms with Crippen molar-refractivity contribution in [2.75, 3.05) is 5.75 Å². The minimum Gasteiger partial charge on any atom is -0.312 e. The van der Waals surface area contributed by atoms with Crippen LogP contribution in [0.2, 0.25) is 0 Å². The number of benzene rings is 1. The topological polar surface area (TPSA) is 69.8 Å². The first kappa shape index (κ1) is 24.4. The van der Waals surface area contributed by atoms with Gasteiger partial charge in [0.1, 0.15) is 22.4 Å². The predicted octanol–water partition coefficient (Wildman–Crippen LogP) is 5.51. The fraction of sp³-hybridized carbons (Fsp3) is 0.346. The van der Waals surface area contributed by atoms with Crippen molar-refractivity contribution in [1.29, 1.82) is 0 Å². The third-order valence-electron chi connectivity index (χ3n) is 6.59. The highest BCUT2D eigenvalue weighted by Crippen LogP contribution is 2.40. The highest BCUT2D eigenvalue weighted by molar-refractivity contribution is 7.85. The SMILES string of the molecule is CCn1c(=O)c(C(F)(F)F)cc2nc(-c3ncc(-c4ccc(C5CC5)cc4)cc3S(=O)CC)n(C)c21. The van der Waals surface area contributed by atoms with Crippen molar-refractivity contribution in [3.05, 3.63) is 64.1 Å². The van der Waals surface area contributed by atoms with Gasteiger partial charge >= 0.3 is 6.18 Å². The molecule has 0 N–H and O–H groups in total. The number of hydrogen-bond donors (Lipinski definition) is 0. The van der Waals surface area contributed by atoms with Crippen LogP contribution in [0.4, 0.5) is 13.2 Å². The van der Waals surface area contributed by atoms with Crippen molar-refractivity contribution in [3.63, 3.8) is 0 Å². The molecule has 1 saturated carbocycles. The molecule has 1 aliphatic rings. The number of imidazole rings is 1. The van der Waals surface area contributed by atoms with Crippen molar-refractivity contribution in [3.8, 4) is 22.6 Å². The number of aromatic nitrogens is 4. The quantitative estimate of drug-likeness (QED) is 0.340. The molecule has 0 bridgehead atoms. The number of nitrogens with zero attached hydrogens (tertiary/aromatic N) is 4. The average Bonchev–Trinajstić information content (AvgIpc) is 3.66. The van der Waals surface area contributed by atoms with Gasteiger partial charge in [0.05, 0.1) is 15.7 Å². The molecule has 36 heavy (non-hydrogen) atoms. The van der Waals surface area contributed by atoms with Crippen molar-refractivity contribution >= 4 is 22.0 Å². The van der Waals surface area contributed by atoms with E-state index in [-0.39, 0.29) is 23.5 Å². The Morgan fingerprint density at radius 3 is 2.36 bits per heavy atom. The summed E-state index contributed by atoms with van der Waals surface area (Å²) in [6.45, 7) is 3.43. The molecule has 188 valence electrons. The summed E-state index contributed by atoms with van der Waals surface area (Å²) in [7, 11) is 0.207. The molecule has 1 aromatic carbocycles. The van der Waals surface area contributed by atoms with E-state index in [2.05, 4.69) is 22.1 Å². The van der Waals surface area contributed by atoms with Crippen molar-refractivity contribution in [2.45, 2.75) is 50.2 Å². The van der Waals surface area contributed by atoms with Gasteiger partial charge in [-0.3, -0.25) is 18.6 Å². The Labute approximate surface area is 208 Å². The number of fused-ring (bicyclic) bond motifs is 1. The molecule has 0 amide bonds. The Morgan fingerprint density at radius 2 is 1.78 bits per heavy atom. The van der Waals surface area contributed by atoms with Gasteiger partial charge < -0.3 is 4.57 Å². The molecule has 3 heterocycles. The Hall–Kier alpha value is -3.27. The lowest BCUT2D eigenvalue weighted by molar-refractivity contribution is -0.138. The van der Waals surface area contributed by atoms with Crippen LogP contribution in [0.15, 0.2) is 52.3 Å². The lowest BCUT2D eigenvalue weighted by atomic mass is 10.0. The van der Waals surface area contributed by atoms with Crippen LogP contribution in [0.5, 0.6) is 0 Å². The molecule has 1 unspecified atom stereocenters. The molecule has 1 aliphatic carbocycles. The normalized spacial score (nSPS) is 14.9. The number of halogens is 3. The minimum absolute atomic E-state index is 0.0241. The summed E-state index contributed by atoms with van der Waals surface area (Å²) in [6, 6.07) is 10.8. The summed E-state index contributed by atoms with van der Waals surface area (Å²) >= 11 is 0. The van der Waals surface area contributed by atoms with E-state index in [1.165, 1.54) is 18.4 Å². The predicted molar refractivity (Wildman–Crippen MR) is 133 cm³/mol. The van der Waals surface area contributed by atoms with E-state index in [1.54, 1.807) is 31.7 Å². The van der Waals surface area contributed by atoms with Gasteiger partial charge in [-0.25, -0.2) is 4.98 Å². The van der Waals surface area contributed by atoms with Crippen LogP contribution >= 0.6 is 0 Å². The standard InChI is InChI=1S/C26H25F3N4O2S/c1-4-33-24-20(13-19(25(33)34)26(27,28)29)31-23(32(24)3)22-21(36(35)5-2)12-18(14-30-22)17-10-8-16(9-11-17)15-6-7-15/h8-15H,4-7H2,1-3H3. The molecule has 0 spiro atoms. The van der Waals surface area contributed by atoms with E-state index in [0.29, 0.717) is 22.3 Å². The maximum Gasteiger partial charge on any atom is 0.421 e. The number of rotatable bonds is 6. The van der Waals surface area contributed by atoms with E-state index in [9.17, 15) is 22.2 Å².